The molecule has 0 fully saturated rings. The van der Waals surface area contributed by atoms with Crippen molar-refractivity contribution in [1.82, 2.24) is 14.5 Å². The van der Waals surface area contributed by atoms with Gasteiger partial charge in [-0.25, -0.2) is 4.79 Å². The zero-order valence-corrected chi connectivity index (χ0v) is 17.9. The third-order valence-electron chi connectivity index (χ3n) is 5.19. The van der Waals surface area contributed by atoms with Crippen LogP contribution in [0.1, 0.15) is 30.6 Å². The first-order chi connectivity index (χ1) is 14.5. The number of nitrogens with zero attached hydrogens (tertiary/aromatic N) is 2. The molecule has 0 aliphatic rings. The number of rotatable bonds is 11. The second-order valence-electron chi connectivity index (χ2n) is 7.35. The van der Waals surface area contributed by atoms with Gasteiger partial charge >= 0.3 is 5.69 Å². The van der Waals surface area contributed by atoms with Gasteiger partial charge in [0.2, 0.25) is 0 Å². The van der Waals surface area contributed by atoms with E-state index in [9.17, 15) is 9.90 Å². The average molecular weight is 414 g/mol. The lowest BCUT2D eigenvalue weighted by molar-refractivity contribution is 0.108. The molecule has 0 aliphatic heterocycles. The van der Waals surface area contributed by atoms with Crippen LogP contribution >= 0.6 is 0 Å². The molecule has 0 radical (unpaired) electrons. The Hall–Kier alpha value is -2.61. The third-order valence-corrected chi connectivity index (χ3v) is 5.19. The molecule has 2 N–H and O–H groups in total. The van der Waals surface area contributed by atoms with Crippen molar-refractivity contribution in [3.8, 4) is 5.75 Å². The van der Waals surface area contributed by atoms with Crippen molar-refractivity contribution in [1.29, 1.82) is 0 Å². The van der Waals surface area contributed by atoms with Crippen molar-refractivity contribution < 1.29 is 14.6 Å². The third kappa shape index (κ3) is 5.30. The van der Waals surface area contributed by atoms with E-state index in [1.165, 1.54) is 5.56 Å². The van der Waals surface area contributed by atoms with E-state index in [1.807, 2.05) is 49.4 Å². The lowest BCUT2D eigenvalue weighted by Gasteiger charge is -2.13. The fourth-order valence-corrected chi connectivity index (χ4v) is 3.38. The molecular formula is C23H31N3O4. The minimum absolute atomic E-state index is 0.0863. The van der Waals surface area contributed by atoms with Crippen LogP contribution in [-0.2, 0) is 25.4 Å². The standard InChI is InChI=1S/C23H31N3O4/c1-4-29-13-5-12-24-15-17-6-9-19(10-7-17)30-16-22(27)18-8-11-20-21(14-18)26(3)23(28)25(20)2/h6-11,14,22,24,27H,4-5,12-13,15-16H2,1-3H3. The smallest absolute Gasteiger partial charge is 0.328 e. The first kappa shape index (κ1) is 22.1. The van der Waals surface area contributed by atoms with Gasteiger partial charge in [0.1, 0.15) is 18.5 Å². The van der Waals surface area contributed by atoms with Gasteiger partial charge in [0.15, 0.2) is 0 Å². The Balaban J connectivity index is 1.51. The van der Waals surface area contributed by atoms with Gasteiger partial charge in [0.05, 0.1) is 11.0 Å². The number of fused-ring (bicyclic) bond motifs is 1. The lowest BCUT2D eigenvalue weighted by Crippen LogP contribution is -2.19. The Morgan fingerprint density at radius 3 is 2.53 bits per heavy atom. The molecular weight excluding hydrogens is 382 g/mol. The molecule has 30 heavy (non-hydrogen) atoms. The molecule has 3 aromatic rings. The molecule has 3 rings (SSSR count). The van der Waals surface area contributed by atoms with Crippen molar-refractivity contribution in [3.63, 3.8) is 0 Å². The molecule has 0 saturated heterocycles. The number of aliphatic hydroxyl groups is 1. The fourth-order valence-electron chi connectivity index (χ4n) is 3.38. The number of nitrogens with one attached hydrogen (secondary N) is 1. The SMILES string of the molecule is CCOCCCNCc1ccc(OCC(O)c2ccc3c(c2)n(C)c(=O)n3C)cc1. The maximum atomic E-state index is 12.1. The Kier molecular flexibility index (Phi) is 7.68. The second kappa shape index (κ2) is 10.4. The number of hydrogen-bond donors (Lipinski definition) is 2. The van der Waals surface area contributed by atoms with Gasteiger partial charge in [-0.1, -0.05) is 18.2 Å². The van der Waals surface area contributed by atoms with Crippen molar-refractivity contribution in [2.45, 2.75) is 26.0 Å². The van der Waals surface area contributed by atoms with Crippen LogP contribution in [-0.4, -0.2) is 40.6 Å². The minimum atomic E-state index is -0.781. The molecule has 1 aromatic heterocycles. The van der Waals surface area contributed by atoms with E-state index in [0.717, 1.165) is 49.3 Å². The van der Waals surface area contributed by atoms with Crippen molar-refractivity contribution in [2.24, 2.45) is 14.1 Å². The second-order valence-corrected chi connectivity index (χ2v) is 7.35. The summed E-state index contributed by atoms with van der Waals surface area (Å²) in [7, 11) is 3.47. The van der Waals surface area contributed by atoms with Gasteiger partial charge in [-0.05, 0) is 55.3 Å². The molecule has 1 atom stereocenters. The highest BCUT2D eigenvalue weighted by molar-refractivity contribution is 5.76. The zero-order chi connectivity index (χ0) is 21.5. The first-order valence-electron chi connectivity index (χ1n) is 10.3. The number of aliphatic hydroxyl groups excluding tert-OH is 1. The number of aromatic nitrogens is 2. The summed E-state index contributed by atoms with van der Waals surface area (Å²) in [6, 6.07) is 13.4. The van der Waals surface area contributed by atoms with Crippen LogP contribution in [0.2, 0.25) is 0 Å². The molecule has 1 unspecified atom stereocenters. The molecule has 0 bridgehead atoms. The first-order valence-corrected chi connectivity index (χ1v) is 10.3. The van der Waals surface area contributed by atoms with E-state index < -0.39 is 6.10 Å². The summed E-state index contributed by atoms with van der Waals surface area (Å²) < 4.78 is 14.3. The highest BCUT2D eigenvalue weighted by Crippen LogP contribution is 2.21. The molecule has 0 aliphatic carbocycles. The van der Waals surface area contributed by atoms with Crippen LogP contribution in [0.3, 0.4) is 0 Å². The molecule has 1 heterocycles. The maximum Gasteiger partial charge on any atom is 0.328 e. The number of aryl methyl sites for hydroxylation is 2. The summed E-state index contributed by atoms with van der Waals surface area (Å²) in [4.78, 5) is 12.1. The molecule has 0 spiro atoms. The summed E-state index contributed by atoms with van der Waals surface area (Å²) >= 11 is 0. The predicted octanol–water partition coefficient (Wildman–Crippen LogP) is 2.51. The highest BCUT2D eigenvalue weighted by Gasteiger charge is 2.13. The molecule has 0 amide bonds. The Morgan fingerprint density at radius 2 is 1.80 bits per heavy atom. The van der Waals surface area contributed by atoms with Crippen LogP contribution in [0.25, 0.3) is 11.0 Å². The normalized spacial score (nSPS) is 12.4. The minimum Gasteiger partial charge on any atom is -0.491 e. The van der Waals surface area contributed by atoms with Gasteiger partial charge in [-0.2, -0.15) is 0 Å². The Morgan fingerprint density at radius 1 is 1.07 bits per heavy atom. The summed E-state index contributed by atoms with van der Waals surface area (Å²) in [5.41, 5.74) is 3.43. The highest BCUT2D eigenvalue weighted by atomic mass is 16.5. The van der Waals surface area contributed by atoms with Gasteiger partial charge in [-0.3, -0.25) is 9.13 Å². The number of ether oxygens (including phenoxy) is 2. The largest absolute Gasteiger partial charge is 0.491 e. The fraction of sp³-hybridized carbons (Fsp3) is 0.435. The summed E-state index contributed by atoms with van der Waals surface area (Å²) in [6.45, 7) is 5.40. The van der Waals surface area contributed by atoms with E-state index in [-0.39, 0.29) is 12.3 Å². The number of imidazole rings is 1. The average Bonchev–Trinajstić information content (AvgIpc) is 2.99. The van der Waals surface area contributed by atoms with Crippen molar-refractivity contribution in [2.75, 3.05) is 26.4 Å². The topological polar surface area (TPSA) is 77.7 Å². The van der Waals surface area contributed by atoms with Crippen LogP contribution < -0.4 is 15.7 Å². The Bertz CT molecular complexity index is 1010. The molecule has 162 valence electrons. The quantitative estimate of drug-likeness (QED) is 0.473. The van der Waals surface area contributed by atoms with Crippen LogP contribution in [0.4, 0.5) is 0 Å². The van der Waals surface area contributed by atoms with Crippen LogP contribution in [0.15, 0.2) is 47.3 Å². The van der Waals surface area contributed by atoms with E-state index in [4.69, 9.17) is 9.47 Å². The van der Waals surface area contributed by atoms with E-state index in [2.05, 4.69) is 5.32 Å². The molecule has 0 saturated carbocycles. The van der Waals surface area contributed by atoms with Gasteiger partial charge in [0, 0.05) is 33.9 Å². The van der Waals surface area contributed by atoms with Crippen molar-refractivity contribution in [3.05, 3.63) is 64.1 Å². The lowest BCUT2D eigenvalue weighted by atomic mass is 10.1. The van der Waals surface area contributed by atoms with Gasteiger partial charge in [0.25, 0.3) is 0 Å². The molecule has 7 heteroatoms. The summed E-state index contributed by atoms with van der Waals surface area (Å²) in [5.74, 6) is 0.710. The van der Waals surface area contributed by atoms with E-state index >= 15 is 0 Å². The van der Waals surface area contributed by atoms with Crippen LogP contribution in [0, 0.1) is 0 Å². The molecule has 7 nitrogen and oxygen atoms in total. The summed E-state index contributed by atoms with van der Waals surface area (Å²) in [5, 5.41) is 13.9. The summed E-state index contributed by atoms with van der Waals surface area (Å²) in [6.07, 6.45) is 0.215. The molecule has 2 aromatic carbocycles. The maximum absolute atomic E-state index is 12.1. The number of benzene rings is 2. The Labute approximate surface area is 176 Å². The monoisotopic (exact) mass is 413 g/mol. The van der Waals surface area contributed by atoms with Crippen molar-refractivity contribution >= 4 is 11.0 Å². The van der Waals surface area contributed by atoms with Gasteiger partial charge in [-0.15, -0.1) is 0 Å². The van der Waals surface area contributed by atoms with Gasteiger partial charge < -0.3 is 19.9 Å². The zero-order valence-electron chi connectivity index (χ0n) is 17.9. The van der Waals surface area contributed by atoms with E-state index in [1.54, 1.807) is 23.2 Å². The predicted molar refractivity (Wildman–Crippen MR) is 118 cm³/mol. The van der Waals surface area contributed by atoms with E-state index in [0.29, 0.717) is 5.75 Å². The van der Waals surface area contributed by atoms with Crippen LogP contribution in [0.5, 0.6) is 5.75 Å². The number of hydrogen-bond acceptors (Lipinski definition) is 5.